The monoisotopic (exact) mass is 329 g/mol. The first-order chi connectivity index (χ1) is 11.4. The van der Waals surface area contributed by atoms with Gasteiger partial charge >= 0.3 is 5.76 Å². The Bertz CT molecular complexity index is 826. The second kappa shape index (κ2) is 6.65. The predicted molar refractivity (Wildman–Crippen MR) is 93.0 cm³/mol. The molecular formula is C18H23N3O3. The third kappa shape index (κ3) is 3.43. The van der Waals surface area contributed by atoms with E-state index in [-0.39, 0.29) is 12.5 Å². The van der Waals surface area contributed by atoms with Gasteiger partial charge in [-0.25, -0.2) is 4.79 Å². The van der Waals surface area contributed by atoms with Crippen LogP contribution in [0.5, 0.6) is 0 Å². The van der Waals surface area contributed by atoms with Crippen LogP contribution in [0.1, 0.15) is 12.5 Å². The molecule has 0 N–H and O–H groups in total. The number of hydrogen-bond donors (Lipinski definition) is 0. The second-order valence-corrected chi connectivity index (χ2v) is 6.54. The fraction of sp³-hybridized carbons (Fsp3) is 0.444. The average Bonchev–Trinajstić information content (AvgIpc) is 2.83. The molecule has 1 amide bonds. The number of nitrogens with zero attached hydrogens (tertiary/aromatic N) is 3. The number of hydrogen-bond acceptors (Lipinski definition) is 4. The zero-order chi connectivity index (χ0) is 17.3. The molecule has 128 valence electrons. The molecule has 1 aliphatic rings. The summed E-state index contributed by atoms with van der Waals surface area (Å²) >= 11 is 0. The molecule has 2 aromatic rings. The van der Waals surface area contributed by atoms with Crippen molar-refractivity contribution in [3.63, 3.8) is 0 Å². The number of aryl methyl sites for hydroxylation is 1. The summed E-state index contributed by atoms with van der Waals surface area (Å²) in [5, 5.41) is 0. The van der Waals surface area contributed by atoms with Gasteiger partial charge in [0, 0.05) is 32.7 Å². The van der Waals surface area contributed by atoms with Crippen molar-refractivity contribution in [2.75, 3.05) is 32.7 Å². The van der Waals surface area contributed by atoms with Crippen LogP contribution in [0.4, 0.5) is 0 Å². The third-order valence-electron chi connectivity index (χ3n) is 4.33. The van der Waals surface area contributed by atoms with Crippen LogP contribution in [0, 0.1) is 6.92 Å². The highest BCUT2D eigenvalue weighted by molar-refractivity contribution is 5.80. The quantitative estimate of drug-likeness (QED) is 0.800. The van der Waals surface area contributed by atoms with Gasteiger partial charge in [0.05, 0.1) is 5.52 Å². The Labute approximate surface area is 140 Å². The number of carbonyl (C=O) groups is 1. The Hall–Kier alpha value is -2.34. The zero-order valence-corrected chi connectivity index (χ0v) is 14.2. The van der Waals surface area contributed by atoms with Gasteiger partial charge in [0.2, 0.25) is 5.91 Å². The van der Waals surface area contributed by atoms with E-state index in [0.717, 1.165) is 30.8 Å². The topological polar surface area (TPSA) is 58.7 Å². The van der Waals surface area contributed by atoms with Crippen LogP contribution in [-0.4, -0.2) is 53.0 Å². The van der Waals surface area contributed by atoms with Crippen molar-refractivity contribution < 1.29 is 9.21 Å². The fourth-order valence-corrected chi connectivity index (χ4v) is 3.09. The number of carbonyl (C=O) groups excluding carboxylic acids is 1. The van der Waals surface area contributed by atoms with Crippen LogP contribution in [0.15, 0.2) is 39.6 Å². The van der Waals surface area contributed by atoms with E-state index in [1.165, 1.54) is 4.57 Å². The minimum absolute atomic E-state index is 0.0236. The number of fused-ring (bicyclic) bond motifs is 1. The van der Waals surface area contributed by atoms with Gasteiger partial charge in [-0.1, -0.05) is 18.2 Å². The number of amides is 1. The molecule has 0 radical (unpaired) electrons. The Kier molecular flexibility index (Phi) is 4.57. The van der Waals surface area contributed by atoms with Crippen molar-refractivity contribution in [1.29, 1.82) is 0 Å². The van der Waals surface area contributed by atoms with Crippen molar-refractivity contribution >= 4 is 17.0 Å². The van der Waals surface area contributed by atoms with Crippen molar-refractivity contribution in [2.24, 2.45) is 0 Å². The normalized spacial score (nSPS) is 15.8. The molecule has 1 aromatic heterocycles. The van der Waals surface area contributed by atoms with Crippen LogP contribution in [0.3, 0.4) is 0 Å². The molecule has 1 fully saturated rings. The number of rotatable bonds is 4. The Balaban J connectivity index is 1.70. The van der Waals surface area contributed by atoms with Crippen molar-refractivity contribution in [3.05, 3.63) is 46.5 Å². The summed E-state index contributed by atoms with van der Waals surface area (Å²) in [6.07, 6.45) is 0. The van der Waals surface area contributed by atoms with Crippen LogP contribution in [-0.2, 0) is 11.3 Å². The predicted octanol–water partition coefficient (Wildman–Crippen LogP) is 1.62. The number of oxazole rings is 1. The Morgan fingerprint density at radius 1 is 1.21 bits per heavy atom. The lowest BCUT2D eigenvalue weighted by atomic mass is 10.2. The first kappa shape index (κ1) is 16.5. The van der Waals surface area contributed by atoms with Crippen molar-refractivity contribution in [3.8, 4) is 0 Å². The van der Waals surface area contributed by atoms with Gasteiger partial charge in [0.1, 0.15) is 6.54 Å². The lowest BCUT2D eigenvalue weighted by Gasteiger charge is -2.34. The first-order valence-corrected chi connectivity index (χ1v) is 8.18. The van der Waals surface area contributed by atoms with E-state index >= 15 is 0 Å². The maximum Gasteiger partial charge on any atom is 0.420 e. The van der Waals surface area contributed by atoms with Crippen molar-refractivity contribution in [1.82, 2.24) is 14.4 Å². The largest absolute Gasteiger partial charge is 0.420 e. The van der Waals surface area contributed by atoms with E-state index in [1.54, 1.807) is 6.07 Å². The summed E-state index contributed by atoms with van der Waals surface area (Å²) in [6, 6.07) is 5.53. The maximum absolute atomic E-state index is 12.6. The van der Waals surface area contributed by atoms with Crippen molar-refractivity contribution in [2.45, 2.75) is 20.4 Å². The average molecular weight is 329 g/mol. The summed E-state index contributed by atoms with van der Waals surface area (Å²) in [7, 11) is 0. The van der Waals surface area contributed by atoms with E-state index in [4.69, 9.17) is 4.42 Å². The van der Waals surface area contributed by atoms with E-state index in [2.05, 4.69) is 11.5 Å². The number of aromatic nitrogens is 1. The van der Waals surface area contributed by atoms with Crippen LogP contribution >= 0.6 is 0 Å². The first-order valence-electron chi connectivity index (χ1n) is 8.18. The molecule has 0 aliphatic carbocycles. The molecule has 3 rings (SSSR count). The summed E-state index contributed by atoms with van der Waals surface area (Å²) in [6.45, 7) is 11.8. The summed E-state index contributed by atoms with van der Waals surface area (Å²) < 4.78 is 6.64. The molecule has 6 nitrogen and oxygen atoms in total. The SMILES string of the molecule is C=C(C)CN1CCN(C(=O)Cn2c(=O)oc3ccc(C)cc32)CC1. The molecule has 0 saturated carbocycles. The number of benzene rings is 1. The van der Waals surface area contributed by atoms with Gasteiger partial charge in [-0.15, -0.1) is 0 Å². The second-order valence-electron chi connectivity index (χ2n) is 6.54. The third-order valence-corrected chi connectivity index (χ3v) is 4.33. The lowest BCUT2D eigenvalue weighted by Crippen LogP contribution is -2.50. The smallest absolute Gasteiger partial charge is 0.408 e. The molecule has 1 aliphatic heterocycles. The van der Waals surface area contributed by atoms with Gasteiger partial charge in [-0.3, -0.25) is 14.3 Å². The standard InChI is InChI=1S/C18H23N3O3/c1-13(2)11-19-6-8-20(9-7-19)17(22)12-21-15-10-14(3)4-5-16(15)24-18(21)23/h4-5,10H,1,6-9,11-12H2,2-3H3. The Morgan fingerprint density at radius 2 is 1.92 bits per heavy atom. The Morgan fingerprint density at radius 3 is 2.58 bits per heavy atom. The van der Waals surface area contributed by atoms with E-state index in [1.807, 2.05) is 30.9 Å². The minimum atomic E-state index is -0.482. The van der Waals surface area contributed by atoms with E-state index in [9.17, 15) is 9.59 Å². The van der Waals surface area contributed by atoms with E-state index in [0.29, 0.717) is 24.2 Å². The highest BCUT2D eigenvalue weighted by Gasteiger charge is 2.22. The molecule has 1 saturated heterocycles. The van der Waals surface area contributed by atoms with Gasteiger partial charge in [0.15, 0.2) is 5.58 Å². The van der Waals surface area contributed by atoms with Crippen LogP contribution in [0.2, 0.25) is 0 Å². The summed E-state index contributed by atoms with van der Waals surface area (Å²) in [5.74, 6) is -0.527. The fourth-order valence-electron chi connectivity index (χ4n) is 3.09. The summed E-state index contributed by atoms with van der Waals surface area (Å²) in [4.78, 5) is 28.7. The molecule has 1 aromatic carbocycles. The molecule has 0 atom stereocenters. The molecule has 6 heteroatoms. The van der Waals surface area contributed by atoms with Gasteiger partial charge in [0.25, 0.3) is 0 Å². The number of piperazine rings is 1. The molecule has 0 bridgehead atoms. The van der Waals surface area contributed by atoms with Crippen LogP contribution < -0.4 is 5.76 Å². The molecule has 0 spiro atoms. The van der Waals surface area contributed by atoms with Crippen LogP contribution in [0.25, 0.3) is 11.1 Å². The van der Waals surface area contributed by atoms with Gasteiger partial charge in [-0.05, 0) is 31.5 Å². The van der Waals surface area contributed by atoms with Gasteiger partial charge < -0.3 is 9.32 Å². The highest BCUT2D eigenvalue weighted by atomic mass is 16.4. The minimum Gasteiger partial charge on any atom is -0.408 e. The maximum atomic E-state index is 12.6. The molecule has 2 heterocycles. The molecular weight excluding hydrogens is 306 g/mol. The summed E-state index contributed by atoms with van der Waals surface area (Å²) in [5.41, 5.74) is 3.35. The van der Waals surface area contributed by atoms with E-state index < -0.39 is 5.76 Å². The zero-order valence-electron chi connectivity index (χ0n) is 14.2. The lowest BCUT2D eigenvalue weighted by molar-refractivity contribution is -0.133. The molecule has 0 unspecified atom stereocenters. The molecule has 24 heavy (non-hydrogen) atoms. The highest BCUT2D eigenvalue weighted by Crippen LogP contribution is 2.15. The van der Waals surface area contributed by atoms with Gasteiger partial charge in [-0.2, -0.15) is 0 Å².